The molecule has 0 saturated carbocycles. The number of amides is 1. The Hall–Kier alpha value is -4.19. The van der Waals surface area contributed by atoms with Gasteiger partial charge in [-0.2, -0.15) is 5.26 Å². The molecular formula is C21H17N5O4. The maximum atomic E-state index is 12.3. The highest BCUT2D eigenvalue weighted by Crippen LogP contribution is 2.44. The van der Waals surface area contributed by atoms with Gasteiger partial charge in [0, 0.05) is 5.92 Å². The van der Waals surface area contributed by atoms with E-state index in [1.165, 1.54) is 10.9 Å². The number of carboxylic acids is 1. The first kappa shape index (κ1) is 19.1. The van der Waals surface area contributed by atoms with Crippen LogP contribution in [0.25, 0.3) is 11.1 Å². The fourth-order valence-electron chi connectivity index (χ4n) is 3.59. The minimum Gasteiger partial charge on any atom is -0.480 e. The second-order valence-electron chi connectivity index (χ2n) is 6.80. The maximum Gasteiger partial charge on any atom is 0.407 e. The summed E-state index contributed by atoms with van der Waals surface area (Å²) >= 11 is 0. The summed E-state index contributed by atoms with van der Waals surface area (Å²) in [5.41, 5.74) is 4.39. The number of fused-ring (bicyclic) bond motifs is 3. The number of rotatable bonds is 6. The Morgan fingerprint density at radius 2 is 1.80 bits per heavy atom. The molecule has 30 heavy (non-hydrogen) atoms. The molecule has 9 nitrogen and oxygen atoms in total. The third kappa shape index (κ3) is 3.71. The van der Waals surface area contributed by atoms with Crippen LogP contribution in [-0.4, -0.2) is 44.8 Å². The molecule has 0 fully saturated rings. The normalized spacial score (nSPS) is 13.0. The Kier molecular flexibility index (Phi) is 5.13. The summed E-state index contributed by atoms with van der Waals surface area (Å²) in [4.78, 5) is 23.8. The van der Waals surface area contributed by atoms with Crippen molar-refractivity contribution in [1.29, 1.82) is 5.26 Å². The summed E-state index contributed by atoms with van der Waals surface area (Å²) in [5.74, 6) is -1.38. The van der Waals surface area contributed by atoms with Crippen molar-refractivity contribution in [3.8, 4) is 17.2 Å². The smallest absolute Gasteiger partial charge is 0.407 e. The Labute approximate surface area is 171 Å². The van der Waals surface area contributed by atoms with Gasteiger partial charge in [-0.05, 0) is 22.3 Å². The van der Waals surface area contributed by atoms with Crippen LogP contribution in [0.1, 0.15) is 22.7 Å². The van der Waals surface area contributed by atoms with E-state index < -0.39 is 18.1 Å². The molecule has 3 aromatic rings. The maximum absolute atomic E-state index is 12.3. The van der Waals surface area contributed by atoms with Crippen LogP contribution in [0.3, 0.4) is 0 Å². The second kappa shape index (κ2) is 8.05. The number of carboxylic acid groups (broad SMARTS) is 1. The largest absolute Gasteiger partial charge is 0.480 e. The van der Waals surface area contributed by atoms with Crippen molar-refractivity contribution in [1.82, 2.24) is 20.3 Å². The number of carbonyl (C=O) groups excluding carboxylic acids is 1. The third-order valence-electron chi connectivity index (χ3n) is 4.96. The minimum absolute atomic E-state index is 0.0558. The molecular weight excluding hydrogens is 386 g/mol. The monoisotopic (exact) mass is 403 g/mol. The number of hydrogen-bond acceptors (Lipinski definition) is 6. The Morgan fingerprint density at radius 1 is 1.17 bits per heavy atom. The number of ether oxygens (including phenoxy) is 1. The average Bonchev–Trinajstić information content (AvgIpc) is 3.34. The van der Waals surface area contributed by atoms with Gasteiger partial charge in [0.2, 0.25) is 0 Å². The third-order valence-corrected chi connectivity index (χ3v) is 4.96. The Balaban J connectivity index is 1.43. The predicted octanol–water partition coefficient (Wildman–Crippen LogP) is 2.14. The second-order valence-corrected chi connectivity index (χ2v) is 6.80. The minimum atomic E-state index is -1.28. The average molecular weight is 403 g/mol. The van der Waals surface area contributed by atoms with Crippen LogP contribution < -0.4 is 5.32 Å². The summed E-state index contributed by atoms with van der Waals surface area (Å²) in [7, 11) is 0. The van der Waals surface area contributed by atoms with Crippen molar-refractivity contribution < 1.29 is 19.4 Å². The van der Waals surface area contributed by atoms with Crippen molar-refractivity contribution in [3.63, 3.8) is 0 Å². The number of carbonyl (C=O) groups is 2. The number of nitrogens with zero attached hydrogens (tertiary/aromatic N) is 4. The van der Waals surface area contributed by atoms with Crippen LogP contribution in [0.4, 0.5) is 4.79 Å². The van der Waals surface area contributed by atoms with Crippen molar-refractivity contribution >= 4 is 12.1 Å². The zero-order valence-electron chi connectivity index (χ0n) is 15.7. The molecule has 1 atom stereocenters. The van der Waals surface area contributed by atoms with Crippen LogP contribution in [-0.2, 0) is 16.1 Å². The molecule has 0 saturated heterocycles. The molecule has 1 heterocycles. The van der Waals surface area contributed by atoms with E-state index >= 15 is 0 Å². The van der Waals surface area contributed by atoms with E-state index in [4.69, 9.17) is 10.00 Å². The predicted molar refractivity (Wildman–Crippen MR) is 104 cm³/mol. The summed E-state index contributed by atoms with van der Waals surface area (Å²) in [6.07, 6.45) is 0.458. The number of hydrogen-bond donors (Lipinski definition) is 2. The first-order chi connectivity index (χ1) is 14.6. The van der Waals surface area contributed by atoms with Gasteiger partial charge in [-0.15, -0.1) is 5.10 Å². The molecule has 1 aliphatic rings. The SMILES string of the molecule is N#Cc1cn(C[C@H](NC(=O)OCC2c3ccccc3-c3ccccc32)C(=O)O)nn1. The topological polar surface area (TPSA) is 130 Å². The first-order valence-corrected chi connectivity index (χ1v) is 9.21. The Bertz CT molecular complexity index is 1100. The molecule has 4 rings (SSSR count). The molecule has 0 aliphatic heterocycles. The molecule has 1 aliphatic carbocycles. The van der Waals surface area contributed by atoms with Gasteiger partial charge in [-0.3, -0.25) is 0 Å². The number of alkyl carbamates (subject to hydrolysis) is 1. The van der Waals surface area contributed by atoms with E-state index in [0.717, 1.165) is 22.3 Å². The zero-order valence-corrected chi connectivity index (χ0v) is 15.7. The fourth-order valence-corrected chi connectivity index (χ4v) is 3.59. The molecule has 1 aromatic heterocycles. The number of aromatic nitrogens is 3. The van der Waals surface area contributed by atoms with Gasteiger partial charge in [0.1, 0.15) is 18.7 Å². The zero-order chi connectivity index (χ0) is 21.1. The van der Waals surface area contributed by atoms with Crippen LogP contribution in [0.15, 0.2) is 54.7 Å². The van der Waals surface area contributed by atoms with Crippen LogP contribution in [0.2, 0.25) is 0 Å². The summed E-state index contributed by atoms with van der Waals surface area (Å²) < 4.78 is 6.56. The molecule has 0 unspecified atom stereocenters. The summed E-state index contributed by atoms with van der Waals surface area (Å²) in [6, 6.07) is 16.4. The highest BCUT2D eigenvalue weighted by molar-refractivity contribution is 5.81. The van der Waals surface area contributed by atoms with Gasteiger partial charge in [-0.1, -0.05) is 53.7 Å². The molecule has 2 N–H and O–H groups in total. The fraction of sp³-hybridized carbons (Fsp3) is 0.190. The lowest BCUT2D eigenvalue weighted by Gasteiger charge is -2.17. The van der Waals surface area contributed by atoms with Crippen LogP contribution >= 0.6 is 0 Å². The molecule has 150 valence electrons. The number of nitrogens with one attached hydrogen (secondary N) is 1. The van der Waals surface area contributed by atoms with Crippen molar-refractivity contribution in [2.45, 2.75) is 18.5 Å². The summed E-state index contributed by atoms with van der Waals surface area (Å²) in [6.45, 7) is -0.109. The van der Waals surface area contributed by atoms with Gasteiger partial charge in [0.05, 0.1) is 12.7 Å². The van der Waals surface area contributed by atoms with Gasteiger partial charge in [-0.25, -0.2) is 14.3 Å². The van der Waals surface area contributed by atoms with Gasteiger partial charge in [0.25, 0.3) is 0 Å². The molecule has 9 heteroatoms. The molecule has 0 spiro atoms. The van der Waals surface area contributed by atoms with Crippen LogP contribution in [0.5, 0.6) is 0 Å². The first-order valence-electron chi connectivity index (χ1n) is 9.21. The van der Waals surface area contributed by atoms with E-state index in [1.54, 1.807) is 6.07 Å². The van der Waals surface area contributed by atoms with E-state index in [-0.39, 0.29) is 24.8 Å². The number of aliphatic carboxylic acids is 1. The van der Waals surface area contributed by atoms with Gasteiger partial charge >= 0.3 is 12.1 Å². The van der Waals surface area contributed by atoms with Crippen molar-refractivity contribution in [2.24, 2.45) is 0 Å². The lowest BCUT2D eigenvalue weighted by molar-refractivity contribution is -0.139. The van der Waals surface area contributed by atoms with E-state index in [0.29, 0.717) is 0 Å². The van der Waals surface area contributed by atoms with Crippen LogP contribution in [0, 0.1) is 11.3 Å². The quantitative estimate of drug-likeness (QED) is 0.645. The molecule has 2 aromatic carbocycles. The standard InChI is InChI=1S/C21H17N5O4/c22-9-13-10-26(25-24-13)11-19(20(27)28)23-21(29)30-12-18-16-7-3-1-5-14(16)15-6-2-4-8-17(15)18/h1-8,10,18-19H,11-12H2,(H,23,29)(H,27,28)/t19-/m0/s1. The van der Waals surface area contributed by atoms with Crippen molar-refractivity contribution in [3.05, 3.63) is 71.5 Å². The lowest BCUT2D eigenvalue weighted by atomic mass is 9.98. The highest BCUT2D eigenvalue weighted by Gasteiger charge is 2.29. The van der Waals surface area contributed by atoms with E-state index in [2.05, 4.69) is 15.6 Å². The molecule has 0 bridgehead atoms. The number of benzene rings is 2. The molecule has 0 radical (unpaired) electrons. The molecule has 1 amide bonds. The lowest BCUT2D eigenvalue weighted by Crippen LogP contribution is -2.44. The van der Waals surface area contributed by atoms with E-state index in [1.807, 2.05) is 48.5 Å². The Morgan fingerprint density at radius 3 is 2.37 bits per heavy atom. The highest BCUT2D eigenvalue weighted by atomic mass is 16.5. The van der Waals surface area contributed by atoms with Gasteiger partial charge in [0.15, 0.2) is 5.69 Å². The van der Waals surface area contributed by atoms with Crippen molar-refractivity contribution in [2.75, 3.05) is 6.61 Å². The van der Waals surface area contributed by atoms with Gasteiger partial charge < -0.3 is 15.2 Å². The number of nitriles is 1. The van der Waals surface area contributed by atoms with E-state index in [9.17, 15) is 14.7 Å². The summed E-state index contributed by atoms with van der Waals surface area (Å²) in [5, 5.41) is 27.7.